The fourth-order valence-electron chi connectivity index (χ4n) is 4.28. The molecule has 0 atom stereocenters. The lowest BCUT2D eigenvalue weighted by Crippen LogP contribution is -2.45. The molecule has 0 bridgehead atoms. The molecule has 0 unspecified atom stereocenters. The first-order valence-electron chi connectivity index (χ1n) is 9.63. The molecule has 1 saturated heterocycles. The zero-order valence-corrected chi connectivity index (χ0v) is 15.7. The van der Waals surface area contributed by atoms with Crippen LogP contribution in [0.4, 0.5) is 5.82 Å². The van der Waals surface area contributed by atoms with Crippen molar-refractivity contribution in [1.82, 2.24) is 9.88 Å². The van der Waals surface area contributed by atoms with E-state index in [9.17, 15) is 4.79 Å². The Hall–Kier alpha value is -2.36. The Morgan fingerprint density at radius 1 is 1.08 bits per heavy atom. The van der Waals surface area contributed by atoms with Crippen LogP contribution in [0, 0.1) is 12.8 Å². The summed E-state index contributed by atoms with van der Waals surface area (Å²) in [6.07, 6.45) is 5.73. The average Bonchev–Trinajstić information content (AvgIpc) is 3.12. The van der Waals surface area contributed by atoms with Crippen LogP contribution in [-0.2, 0) is 17.6 Å². The third-order valence-corrected chi connectivity index (χ3v) is 5.99. The number of likely N-dealkylation sites (N-methyl/N-ethyl adjacent to an activating group) is 1. The fourth-order valence-corrected chi connectivity index (χ4v) is 4.28. The predicted molar refractivity (Wildman–Crippen MR) is 104 cm³/mol. The van der Waals surface area contributed by atoms with Gasteiger partial charge in [0.2, 0.25) is 5.91 Å². The fraction of sp³-hybridized carbons (Fsp3) is 0.455. The number of benzene rings is 1. The zero-order valence-electron chi connectivity index (χ0n) is 15.7. The van der Waals surface area contributed by atoms with Crippen LogP contribution in [0.5, 0.6) is 0 Å². The molecular weight excluding hydrogens is 322 g/mol. The minimum Gasteiger partial charge on any atom is -0.357 e. The molecule has 0 N–H and O–H groups in total. The standard InChI is InChI=1S/C22H27N3O/c1-16-7-8-21(23-15-16)25-11-9-17(10-12-25)22(26)24(2)20-13-18-5-3-4-6-19(18)14-20/h3-8,15,17,20H,9-14H2,1-2H3. The van der Waals surface area contributed by atoms with E-state index < -0.39 is 0 Å². The lowest BCUT2D eigenvalue weighted by Gasteiger charge is -2.35. The number of piperidine rings is 1. The first-order chi connectivity index (χ1) is 12.6. The van der Waals surface area contributed by atoms with Crippen LogP contribution >= 0.6 is 0 Å². The number of pyridine rings is 1. The highest BCUT2D eigenvalue weighted by Crippen LogP contribution is 2.28. The van der Waals surface area contributed by atoms with Gasteiger partial charge in [-0.2, -0.15) is 0 Å². The van der Waals surface area contributed by atoms with Gasteiger partial charge in [-0.15, -0.1) is 0 Å². The summed E-state index contributed by atoms with van der Waals surface area (Å²) in [6.45, 7) is 3.87. The number of aryl methyl sites for hydroxylation is 1. The van der Waals surface area contributed by atoms with Gasteiger partial charge in [-0.1, -0.05) is 30.3 Å². The van der Waals surface area contributed by atoms with E-state index in [1.54, 1.807) is 0 Å². The first kappa shape index (κ1) is 17.1. The van der Waals surface area contributed by atoms with E-state index >= 15 is 0 Å². The second-order valence-corrected chi connectivity index (χ2v) is 7.73. The van der Waals surface area contributed by atoms with Crippen LogP contribution in [0.15, 0.2) is 42.6 Å². The second kappa shape index (κ2) is 7.10. The molecule has 4 heteroatoms. The smallest absolute Gasteiger partial charge is 0.225 e. The topological polar surface area (TPSA) is 36.4 Å². The van der Waals surface area contributed by atoms with Gasteiger partial charge in [0.15, 0.2) is 0 Å². The molecule has 136 valence electrons. The molecule has 1 aliphatic heterocycles. The minimum atomic E-state index is 0.144. The van der Waals surface area contributed by atoms with Crippen molar-refractivity contribution in [2.75, 3.05) is 25.0 Å². The molecular formula is C22H27N3O. The highest BCUT2D eigenvalue weighted by Gasteiger charge is 2.33. The molecule has 0 radical (unpaired) electrons. The Morgan fingerprint density at radius 2 is 1.73 bits per heavy atom. The van der Waals surface area contributed by atoms with Gasteiger partial charge < -0.3 is 9.80 Å². The average molecular weight is 349 g/mol. The van der Waals surface area contributed by atoms with Gasteiger partial charge in [-0.25, -0.2) is 4.98 Å². The number of hydrogen-bond acceptors (Lipinski definition) is 3. The van der Waals surface area contributed by atoms with Crippen molar-refractivity contribution in [3.8, 4) is 0 Å². The van der Waals surface area contributed by atoms with E-state index in [4.69, 9.17) is 0 Å². The Morgan fingerprint density at radius 3 is 2.31 bits per heavy atom. The molecule has 4 nitrogen and oxygen atoms in total. The molecule has 1 amide bonds. The number of nitrogens with zero attached hydrogens (tertiary/aromatic N) is 3. The molecule has 1 aromatic carbocycles. The molecule has 2 heterocycles. The highest BCUT2D eigenvalue weighted by atomic mass is 16.2. The molecule has 0 saturated carbocycles. The van der Waals surface area contributed by atoms with Crippen LogP contribution in [0.2, 0.25) is 0 Å². The highest BCUT2D eigenvalue weighted by molar-refractivity contribution is 5.79. The second-order valence-electron chi connectivity index (χ2n) is 7.73. The summed E-state index contributed by atoms with van der Waals surface area (Å²) in [7, 11) is 1.99. The van der Waals surface area contributed by atoms with Crippen molar-refractivity contribution in [3.63, 3.8) is 0 Å². The van der Waals surface area contributed by atoms with Crippen molar-refractivity contribution in [2.45, 2.75) is 38.6 Å². The third-order valence-electron chi connectivity index (χ3n) is 5.99. The van der Waals surface area contributed by atoms with Gasteiger partial charge in [-0.3, -0.25) is 4.79 Å². The van der Waals surface area contributed by atoms with Gasteiger partial charge in [-0.05, 0) is 55.4 Å². The van der Waals surface area contributed by atoms with Crippen molar-refractivity contribution in [1.29, 1.82) is 0 Å². The van der Waals surface area contributed by atoms with E-state index in [1.807, 2.05) is 18.1 Å². The Labute approximate surface area is 155 Å². The van der Waals surface area contributed by atoms with E-state index in [0.29, 0.717) is 11.9 Å². The number of carbonyl (C=O) groups is 1. The van der Waals surface area contributed by atoms with Crippen LogP contribution < -0.4 is 4.90 Å². The zero-order chi connectivity index (χ0) is 18.1. The summed E-state index contributed by atoms with van der Waals surface area (Å²) in [4.78, 5) is 21.9. The van der Waals surface area contributed by atoms with Crippen LogP contribution in [0.25, 0.3) is 0 Å². The predicted octanol–water partition coefficient (Wildman–Crippen LogP) is 3.23. The summed E-state index contributed by atoms with van der Waals surface area (Å²) in [5.41, 5.74) is 3.98. The quantitative estimate of drug-likeness (QED) is 0.854. The summed E-state index contributed by atoms with van der Waals surface area (Å²) in [5, 5.41) is 0. The van der Waals surface area contributed by atoms with Crippen molar-refractivity contribution in [2.24, 2.45) is 5.92 Å². The molecule has 2 aromatic rings. The molecule has 1 aromatic heterocycles. The van der Waals surface area contributed by atoms with Gasteiger partial charge in [0, 0.05) is 38.3 Å². The molecule has 1 aliphatic carbocycles. The van der Waals surface area contributed by atoms with Crippen LogP contribution in [0.3, 0.4) is 0 Å². The Balaban J connectivity index is 1.34. The first-order valence-corrected chi connectivity index (χ1v) is 9.63. The van der Waals surface area contributed by atoms with E-state index in [1.165, 1.54) is 16.7 Å². The largest absolute Gasteiger partial charge is 0.357 e. The third kappa shape index (κ3) is 3.33. The van der Waals surface area contributed by atoms with E-state index in [2.05, 4.69) is 53.2 Å². The maximum atomic E-state index is 13.0. The molecule has 0 spiro atoms. The summed E-state index contributed by atoms with van der Waals surface area (Å²) < 4.78 is 0. The number of hydrogen-bond donors (Lipinski definition) is 0. The number of carbonyl (C=O) groups excluding carboxylic acids is 1. The molecule has 4 rings (SSSR count). The monoisotopic (exact) mass is 349 g/mol. The number of amides is 1. The van der Waals surface area contributed by atoms with Gasteiger partial charge in [0.1, 0.15) is 5.82 Å². The minimum absolute atomic E-state index is 0.144. The van der Waals surface area contributed by atoms with Crippen LogP contribution in [0.1, 0.15) is 29.5 Å². The Bertz CT molecular complexity index is 753. The van der Waals surface area contributed by atoms with Crippen molar-refractivity contribution >= 4 is 11.7 Å². The summed E-state index contributed by atoms with van der Waals surface area (Å²) in [6, 6.07) is 13.1. The number of anilines is 1. The maximum absolute atomic E-state index is 13.0. The van der Waals surface area contributed by atoms with Gasteiger partial charge in [0.05, 0.1) is 0 Å². The van der Waals surface area contributed by atoms with Crippen molar-refractivity contribution in [3.05, 3.63) is 59.3 Å². The number of rotatable bonds is 3. The van der Waals surface area contributed by atoms with Crippen molar-refractivity contribution < 1.29 is 4.79 Å². The van der Waals surface area contributed by atoms with E-state index in [-0.39, 0.29) is 5.92 Å². The normalized spacial score (nSPS) is 18.0. The maximum Gasteiger partial charge on any atom is 0.225 e. The van der Waals surface area contributed by atoms with Gasteiger partial charge in [0.25, 0.3) is 0 Å². The lowest BCUT2D eigenvalue weighted by molar-refractivity contribution is -0.136. The SMILES string of the molecule is Cc1ccc(N2CCC(C(=O)N(C)C3Cc4ccccc4C3)CC2)nc1. The summed E-state index contributed by atoms with van der Waals surface area (Å²) in [5.74, 6) is 1.49. The number of fused-ring (bicyclic) bond motifs is 1. The van der Waals surface area contributed by atoms with Gasteiger partial charge >= 0.3 is 0 Å². The molecule has 26 heavy (non-hydrogen) atoms. The van der Waals surface area contributed by atoms with Crippen LogP contribution in [-0.4, -0.2) is 42.0 Å². The number of aromatic nitrogens is 1. The van der Waals surface area contributed by atoms with E-state index in [0.717, 1.165) is 44.6 Å². The summed E-state index contributed by atoms with van der Waals surface area (Å²) >= 11 is 0. The Kier molecular flexibility index (Phi) is 4.66. The molecule has 1 fully saturated rings. The lowest BCUT2D eigenvalue weighted by atomic mass is 9.94. The molecule has 2 aliphatic rings.